The predicted octanol–water partition coefficient (Wildman–Crippen LogP) is 5.01. The van der Waals surface area contributed by atoms with Gasteiger partial charge in [-0.3, -0.25) is 4.79 Å². The van der Waals surface area contributed by atoms with Crippen LogP contribution in [-0.2, 0) is 56.1 Å². The van der Waals surface area contributed by atoms with Crippen molar-refractivity contribution in [3.8, 4) is 0 Å². The van der Waals surface area contributed by atoms with Gasteiger partial charge in [0.2, 0.25) is 5.69 Å². The zero-order valence-corrected chi connectivity index (χ0v) is 37.3. The van der Waals surface area contributed by atoms with Crippen LogP contribution in [0, 0.1) is 6.92 Å². The van der Waals surface area contributed by atoms with Gasteiger partial charge in [0, 0.05) is 65.4 Å². The fraction of sp³-hybridized carbons (Fsp3) is 0.415. The molecule has 0 spiro atoms. The van der Waals surface area contributed by atoms with Gasteiger partial charge in [-0.15, -0.1) is 0 Å². The number of carboxylic acid groups (broad SMARTS) is 1. The Kier molecular flexibility index (Phi) is 14.0. The normalized spacial score (nSPS) is 18.9. The first-order valence-electron chi connectivity index (χ1n) is 19.4. The summed E-state index contributed by atoms with van der Waals surface area (Å²) in [5, 5.41) is 10.4. The van der Waals surface area contributed by atoms with Gasteiger partial charge in [0.25, 0.3) is 0 Å². The van der Waals surface area contributed by atoms with Crippen LogP contribution in [0.4, 0.5) is 11.4 Å². The molecule has 0 aliphatic carbocycles. The van der Waals surface area contributed by atoms with Crippen LogP contribution in [0.15, 0.2) is 88.3 Å². The lowest BCUT2D eigenvalue weighted by atomic mass is 9.77. The van der Waals surface area contributed by atoms with Gasteiger partial charge in [-0.25, -0.2) is 33.7 Å². The molecule has 5 rings (SSSR count). The molecule has 0 fully saturated rings. The Hall–Kier alpha value is -4.28. The molecule has 61 heavy (non-hydrogen) atoms. The highest BCUT2D eigenvalue weighted by Crippen LogP contribution is 2.52. The lowest BCUT2D eigenvalue weighted by Crippen LogP contribution is -2.30. The van der Waals surface area contributed by atoms with E-state index >= 15 is 0 Å². The summed E-state index contributed by atoms with van der Waals surface area (Å²) >= 11 is 0. The van der Waals surface area contributed by atoms with Crippen molar-refractivity contribution in [3.05, 3.63) is 95.2 Å². The summed E-state index contributed by atoms with van der Waals surface area (Å²) in [5.41, 5.74) is 2.32. The van der Waals surface area contributed by atoms with Crippen molar-refractivity contribution in [2.75, 3.05) is 29.5 Å². The average Bonchev–Trinajstić information content (AvgIpc) is 3.48. The third-order valence-electron chi connectivity index (χ3n) is 11.3. The predicted molar refractivity (Wildman–Crippen MR) is 224 cm³/mol. The molecule has 2 aliphatic heterocycles. The molecule has 0 saturated carbocycles. The van der Waals surface area contributed by atoms with Crippen LogP contribution in [0.1, 0.15) is 82.4 Å². The van der Waals surface area contributed by atoms with E-state index in [9.17, 15) is 56.7 Å². The van der Waals surface area contributed by atoms with Crippen molar-refractivity contribution < 1.29 is 66.4 Å². The maximum absolute atomic E-state index is 12.1. The number of anilines is 1. The van der Waals surface area contributed by atoms with Crippen LogP contribution in [-0.4, -0.2) is 97.8 Å². The summed E-state index contributed by atoms with van der Waals surface area (Å²) in [5.74, 6) is -2.25. The molecule has 2 heterocycles. The number of rotatable bonds is 19. The van der Waals surface area contributed by atoms with Crippen LogP contribution in [0.2, 0.25) is 0 Å². The number of carboxylic acids is 1. The maximum Gasteiger partial charge on any atom is 0.303 e. The van der Waals surface area contributed by atoms with Crippen molar-refractivity contribution in [2.24, 2.45) is 0 Å². The van der Waals surface area contributed by atoms with Crippen molar-refractivity contribution in [2.45, 2.75) is 93.3 Å². The van der Waals surface area contributed by atoms with E-state index in [2.05, 4.69) is 0 Å². The van der Waals surface area contributed by atoms with E-state index in [-0.39, 0.29) is 32.4 Å². The van der Waals surface area contributed by atoms with E-state index in [1.807, 2.05) is 31.4 Å². The molecule has 0 radical (unpaired) electrons. The molecular weight excluding hydrogens is 873 g/mol. The van der Waals surface area contributed by atoms with Crippen LogP contribution in [0.5, 0.6) is 0 Å². The molecule has 3 aromatic carbocycles. The highest BCUT2D eigenvalue weighted by atomic mass is 32.2. The Morgan fingerprint density at radius 2 is 1.41 bits per heavy atom. The lowest BCUT2D eigenvalue weighted by Gasteiger charge is -2.31. The van der Waals surface area contributed by atoms with Crippen LogP contribution in [0.25, 0.3) is 10.8 Å². The van der Waals surface area contributed by atoms with Crippen molar-refractivity contribution >= 4 is 74.3 Å². The first-order chi connectivity index (χ1) is 28.1. The standard InChI is InChI=1S/C41H50N2O14S4/c1-28-25-30(61(55,56)57)26-32-31(28)17-19-35-39(32)40(2,3)36(43(35)22-12-24-59(49,50)51)13-7-5-8-14-37-41(4,20-10-6-9-15-38(44)45)33-27-29(60(52,53)54)16-18-34(33)42(37)21-11-23-58(46,47)48/h5,7-8,13-14,16-19,25-27H,6,9-12,15,20-24H2,1-4H3,(H4-,44,45,46,47,48,49,50,51,52,53,54,55,56,57)/p-3. The van der Waals surface area contributed by atoms with E-state index < -0.39 is 78.6 Å². The summed E-state index contributed by atoms with van der Waals surface area (Å²) in [4.78, 5) is 12.1. The zero-order chi connectivity index (χ0) is 45.3. The molecular formula is C41H47N2O14S4-3. The van der Waals surface area contributed by atoms with Gasteiger partial charge in [0.1, 0.15) is 26.8 Å². The molecule has 3 aromatic rings. The molecule has 0 bridgehead atoms. The monoisotopic (exact) mass is 919 g/mol. The fourth-order valence-electron chi connectivity index (χ4n) is 8.52. The second-order valence-corrected chi connectivity index (χ2v) is 21.8. The van der Waals surface area contributed by atoms with E-state index in [0.717, 1.165) is 6.07 Å². The molecule has 2 aliphatic rings. The largest absolute Gasteiger partial charge is 0.748 e. The number of carbonyl (C=O) groups is 1. The minimum Gasteiger partial charge on any atom is -0.748 e. The fourth-order valence-corrected chi connectivity index (χ4v) is 10.6. The van der Waals surface area contributed by atoms with E-state index in [4.69, 9.17) is 5.11 Å². The Morgan fingerprint density at radius 1 is 0.754 bits per heavy atom. The van der Waals surface area contributed by atoms with Gasteiger partial charge in [-0.1, -0.05) is 31.1 Å². The van der Waals surface area contributed by atoms with Gasteiger partial charge >= 0.3 is 5.97 Å². The molecule has 1 atom stereocenters. The van der Waals surface area contributed by atoms with E-state index in [1.165, 1.54) is 24.3 Å². The highest BCUT2D eigenvalue weighted by Gasteiger charge is 2.46. The number of allylic oxidation sites excluding steroid dienone is 6. The van der Waals surface area contributed by atoms with Gasteiger partial charge in [0.05, 0.1) is 35.4 Å². The summed E-state index contributed by atoms with van der Waals surface area (Å²) in [6, 6.07) is 10.2. The number of hydrogen-bond acceptors (Lipinski definition) is 14. The number of fused-ring (bicyclic) bond motifs is 4. The van der Waals surface area contributed by atoms with Crippen molar-refractivity contribution in [1.82, 2.24) is 0 Å². The molecule has 0 amide bonds. The summed E-state index contributed by atoms with van der Waals surface area (Å²) in [7, 11) is -18.8. The summed E-state index contributed by atoms with van der Waals surface area (Å²) < 4.78 is 144. The van der Waals surface area contributed by atoms with Gasteiger partial charge in [-0.05, 0) is 111 Å². The van der Waals surface area contributed by atoms with Crippen LogP contribution < -0.4 is 4.90 Å². The SMILES string of the molecule is Cc1cc(S(=O)(=O)[O-])cc2c3c(ccc12)[N+](CCCS(=O)(=O)[O-])=C(/C=C/C=C/C=C1\N(CCCS(=O)(=O)[O-])c2ccc(S(=O)(=O)[O-])cc2C1(C)CCCCCC(=O)O)C3(C)C. The van der Waals surface area contributed by atoms with Gasteiger partial charge in [-0.2, -0.15) is 4.58 Å². The number of aliphatic carboxylic acids is 1. The van der Waals surface area contributed by atoms with Gasteiger partial charge < -0.3 is 28.2 Å². The Balaban J connectivity index is 1.59. The van der Waals surface area contributed by atoms with E-state index in [1.54, 1.807) is 48.3 Å². The van der Waals surface area contributed by atoms with Crippen molar-refractivity contribution in [1.29, 1.82) is 0 Å². The number of unbranched alkanes of at least 4 members (excludes halogenated alkanes) is 2. The first kappa shape index (κ1) is 47.8. The quantitative estimate of drug-likeness (QED) is 0.0716. The third-order valence-corrected chi connectivity index (χ3v) is 14.5. The number of aryl methyl sites for hydroxylation is 1. The first-order valence-corrected chi connectivity index (χ1v) is 25.3. The Labute approximate surface area is 357 Å². The topological polar surface area (TPSA) is 272 Å². The molecule has 1 N–H and O–H groups in total. The Morgan fingerprint density at radius 3 is 2.03 bits per heavy atom. The lowest BCUT2D eigenvalue weighted by molar-refractivity contribution is -0.437. The molecule has 20 heteroatoms. The summed E-state index contributed by atoms with van der Waals surface area (Å²) in [6.45, 7) is 7.47. The Bertz CT molecular complexity index is 2830. The highest BCUT2D eigenvalue weighted by molar-refractivity contribution is 7.86. The minimum absolute atomic E-state index is 0.0268. The van der Waals surface area contributed by atoms with Crippen LogP contribution >= 0.6 is 0 Å². The zero-order valence-electron chi connectivity index (χ0n) is 34.0. The second-order valence-electron chi connectivity index (χ2n) is 16.0. The molecule has 0 saturated heterocycles. The summed E-state index contributed by atoms with van der Waals surface area (Å²) in [6.07, 6.45) is 10.3. The number of hydrogen-bond donors (Lipinski definition) is 1. The number of nitrogens with zero attached hydrogens (tertiary/aromatic N) is 2. The van der Waals surface area contributed by atoms with Crippen LogP contribution in [0.3, 0.4) is 0 Å². The maximum atomic E-state index is 12.1. The smallest absolute Gasteiger partial charge is 0.303 e. The average molecular weight is 920 g/mol. The van der Waals surface area contributed by atoms with Gasteiger partial charge in [0.15, 0.2) is 5.71 Å². The molecule has 16 nitrogen and oxygen atoms in total. The second kappa shape index (κ2) is 17.8. The van der Waals surface area contributed by atoms with Crippen molar-refractivity contribution in [3.63, 3.8) is 0 Å². The molecule has 1 unspecified atom stereocenters. The molecule has 332 valence electrons. The minimum atomic E-state index is -4.88. The number of benzene rings is 3. The third kappa shape index (κ3) is 11.0. The van der Waals surface area contributed by atoms with E-state index in [0.29, 0.717) is 75.9 Å². The molecule has 0 aromatic heterocycles.